The SMILES string of the molecule is CCn1ccc(=O)n(Cc2cnc(NN)s2)c1=O. The van der Waals surface area contributed by atoms with Gasteiger partial charge in [0.15, 0.2) is 5.13 Å². The lowest BCUT2D eigenvalue weighted by atomic mass is 10.5. The number of nitrogens with one attached hydrogen (secondary N) is 1. The zero-order valence-electron chi connectivity index (χ0n) is 9.79. The molecule has 2 rings (SSSR count). The number of anilines is 1. The molecule has 7 nitrogen and oxygen atoms in total. The van der Waals surface area contributed by atoms with Crippen LogP contribution in [0.4, 0.5) is 5.13 Å². The molecule has 0 aromatic carbocycles. The second kappa shape index (κ2) is 5.15. The lowest BCUT2D eigenvalue weighted by Gasteiger charge is -2.06. The fraction of sp³-hybridized carbons (Fsp3) is 0.300. The van der Waals surface area contributed by atoms with Gasteiger partial charge in [-0.25, -0.2) is 15.6 Å². The van der Waals surface area contributed by atoms with Gasteiger partial charge in [0.05, 0.1) is 6.54 Å². The molecule has 0 atom stereocenters. The monoisotopic (exact) mass is 267 g/mol. The molecule has 18 heavy (non-hydrogen) atoms. The minimum Gasteiger partial charge on any atom is -0.301 e. The second-order valence-electron chi connectivity index (χ2n) is 3.58. The summed E-state index contributed by atoms with van der Waals surface area (Å²) in [4.78, 5) is 28.4. The van der Waals surface area contributed by atoms with E-state index in [2.05, 4.69) is 10.4 Å². The van der Waals surface area contributed by atoms with Gasteiger partial charge in [-0.3, -0.25) is 14.8 Å². The largest absolute Gasteiger partial charge is 0.331 e. The molecule has 0 aliphatic rings. The summed E-state index contributed by atoms with van der Waals surface area (Å²) in [6.45, 7) is 2.58. The van der Waals surface area contributed by atoms with Gasteiger partial charge in [0.25, 0.3) is 5.56 Å². The normalized spacial score (nSPS) is 10.6. The number of hydrogen-bond acceptors (Lipinski definition) is 6. The Morgan fingerprint density at radius 3 is 2.89 bits per heavy atom. The number of aromatic nitrogens is 3. The lowest BCUT2D eigenvalue weighted by molar-refractivity contribution is 0.602. The van der Waals surface area contributed by atoms with Crippen LogP contribution in [0.5, 0.6) is 0 Å². The molecule has 0 fully saturated rings. The minimum absolute atomic E-state index is 0.206. The van der Waals surface area contributed by atoms with Crippen molar-refractivity contribution in [2.24, 2.45) is 5.84 Å². The third-order valence-corrected chi connectivity index (χ3v) is 3.38. The van der Waals surface area contributed by atoms with Crippen LogP contribution < -0.4 is 22.5 Å². The molecule has 8 heteroatoms. The van der Waals surface area contributed by atoms with Crippen LogP contribution in [0.15, 0.2) is 28.0 Å². The van der Waals surface area contributed by atoms with Gasteiger partial charge in [0, 0.05) is 29.9 Å². The van der Waals surface area contributed by atoms with E-state index in [1.807, 2.05) is 6.92 Å². The Kier molecular flexibility index (Phi) is 3.58. The fourth-order valence-corrected chi connectivity index (χ4v) is 2.26. The third kappa shape index (κ3) is 2.34. The first kappa shape index (κ1) is 12.5. The van der Waals surface area contributed by atoms with Crippen LogP contribution in [-0.2, 0) is 13.1 Å². The topological polar surface area (TPSA) is 94.9 Å². The van der Waals surface area contributed by atoms with Gasteiger partial charge in [0.1, 0.15) is 0 Å². The predicted octanol–water partition coefficient (Wildman–Crippen LogP) is -0.180. The van der Waals surface area contributed by atoms with E-state index in [1.54, 1.807) is 6.20 Å². The summed E-state index contributed by atoms with van der Waals surface area (Å²) in [6.07, 6.45) is 3.09. The molecule has 2 aromatic rings. The highest BCUT2D eigenvalue weighted by molar-refractivity contribution is 7.15. The first-order valence-electron chi connectivity index (χ1n) is 5.37. The Labute approximate surface area is 106 Å². The van der Waals surface area contributed by atoms with Gasteiger partial charge in [-0.05, 0) is 6.92 Å². The highest BCUT2D eigenvalue weighted by atomic mass is 32.1. The van der Waals surface area contributed by atoms with Crippen molar-refractivity contribution < 1.29 is 0 Å². The molecule has 96 valence electrons. The molecule has 0 aliphatic heterocycles. The van der Waals surface area contributed by atoms with Crippen LogP contribution in [0.2, 0.25) is 0 Å². The summed E-state index contributed by atoms with van der Waals surface area (Å²) in [5.74, 6) is 5.23. The van der Waals surface area contributed by atoms with E-state index in [0.29, 0.717) is 11.7 Å². The Bertz CT molecular complexity index is 657. The maximum Gasteiger partial charge on any atom is 0.331 e. The van der Waals surface area contributed by atoms with E-state index in [0.717, 1.165) is 4.88 Å². The standard InChI is InChI=1S/C10H13N5O2S/c1-2-14-4-3-8(16)15(10(14)17)6-7-5-12-9(13-11)18-7/h3-5H,2,6,11H2,1H3,(H,12,13). The summed E-state index contributed by atoms with van der Waals surface area (Å²) < 4.78 is 2.65. The van der Waals surface area contributed by atoms with Gasteiger partial charge in [-0.2, -0.15) is 0 Å². The van der Waals surface area contributed by atoms with Gasteiger partial charge in [-0.1, -0.05) is 11.3 Å². The molecule has 0 saturated heterocycles. The number of nitrogens with zero attached hydrogens (tertiary/aromatic N) is 3. The van der Waals surface area contributed by atoms with Crippen molar-refractivity contribution >= 4 is 16.5 Å². The van der Waals surface area contributed by atoms with E-state index in [-0.39, 0.29) is 17.8 Å². The highest BCUT2D eigenvalue weighted by Crippen LogP contribution is 2.16. The number of rotatable bonds is 4. The van der Waals surface area contributed by atoms with E-state index in [4.69, 9.17) is 5.84 Å². The van der Waals surface area contributed by atoms with E-state index >= 15 is 0 Å². The number of thiazole rings is 1. The first-order chi connectivity index (χ1) is 8.65. The van der Waals surface area contributed by atoms with Crippen molar-refractivity contribution in [2.45, 2.75) is 20.0 Å². The van der Waals surface area contributed by atoms with Gasteiger partial charge in [-0.15, -0.1) is 0 Å². The number of aryl methyl sites for hydroxylation is 1. The van der Waals surface area contributed by atoms with Crippen molar-refractivity contribution in [1.29, 1.82) is 0 Å². The zero-order chi connectivity index (χ0) is 13.1. The van der Waals surface area contributed by atoms with Crippen molar-refractivity contribution in [3.8, 4) is 0 Å². The average molecular weight is 267 g/mol. The van der Waals surface area contributed by atoms with Crippen molar-refractivity contribution in [3.05, 3.63) is 44.2 Å². The summed E-state index contributed by atoms with van der Waals surface area (Å²) in [6, 6.07) is 1.38. The van der Waals surface area contributed by atoms with Gasteiger partial charge < -0.3 is 4.57 Å². The number of nitrogen functional groups attached to an aromatic ring is 1. The molecular weight excluding hydrogens is 254 g/mol. The minimum atomic E-state index is -0.319. The number of nitrogens with two attached hydrogens (primary N) is 1. The molecule has 0 aliphatic carbocycles. The molecule has 0 saturated carbocycles. The van der Waals surface area contributed by atoms with Crippen LogP contribution in [0, 0.1) is 0 Å². The average Bonchev–Trinajstić information content (AvgIpc) is 2.82. The summed E-state index contributed by atoms with van der Waals surface area (Å²) in [7, 11) is 0. The maximum atomic E-state index is 12.0. The number of hydrazine groups is 1. The van der Waals surface area contributed by atoms with Crippen LogP contribution in [-0.4, -0.2) is 14.1 Å². The molecule has 0 radical (unpaired) electrons. The smallest absolute Gasteiger partial charge is 0.301 e. The Hall–Kier alpha value is -1.93. The van der Waals surface area contributed by atoms with Crippen molar-refractivity contribution in [1.82, 2.24) is 14.1 Å². The van der Waals surface area contributed by atoms with Crippen LogP contribution in [0.3, 0.4) is 0 Å². The van der Waals surface area contributed by atoms with E-state index in [9.17, 15) is 9.59 Å². The summed E-state index contributed by atoms with van der Waals surface area (Å²) >= 11 is 1.30. The molecular formula is C10H13N5O2S. The molecule has 2 aromatic heterocycles. The first-order valence-corrected chi connectivity index (χ1v) is 6.19. The summed E-state index contributed by atoms with van der Waals surface area (Å²) in [5, 5.41) is 0.546. The van der Waals surface area contributed by atoms with Gasteiger partial charge >= 0.3 is 5.69 Å². The van der Waals surface area contributed by atoms with Crippen LogP contribution in [0.1, 0.15) is 11.8 Å². The zero-order valence-corrected chi connectivity index (χ0v) is 10.6. The Morgan fingerprint density at radius 2 is 2.28 bits per heavy atom. The lowest BCUT2D eigenvalue weighted by Crippen LogP contribution is -2.38. The number of hydrogen-bond donors (Lipinski definition) is 2. The van der Waals surface area contributed by atoms with E-state index < -0.39 is 0 Å². The molecule has 0 bridgehead atoms. The Morgan fingerprint density at radius 1 is 1.50 bits per heavy atom. The predicted molar refractivity (Wildman–Crippen MR) is 69.7 cm³/mol. The van der Waals surface area contributed by atoms with Crippen molar-refractivity contribution in [2.75, 3.05) is 5.43 Å². The Balaban J connectivity index is 2.39. The van der Waals surface area contributed by atoms with Crippen LogP contribution >= 0.6 is 11.3 Å². The molecule has 2 heterocycles. The van der Waals surface area contributed by atoms with Gasteiger partial charge in [0.2, 0.25) is 0 Å². The second-order valence-corrected chi connectivity index (χ2v) is 4.70. The summed E-state index contributed by atoms with van der Waals surface area (Å²) in [5.41, 5.74) is 1.78. The molecule has 0 spiro atoms. The third-order valence-electron chi connectivity index (χ3n) is 2.47. The quantitative estimate of drug-likeness (QED) is 0.592. The maximum absolute atomic E-state index is 12.0. The fourth-order valence-electron chi connectivity index (χ4n) is 1.55. The van der Waals surface area contributed by atoms with E-state index in [1.165, 1.54) is 32.7 Å². The van der Waals surface area contributed by atoms with Crippen molar-refractivity contribution in [3.63, 3.8) is 0 Å². The molecule has 3 N–H and O–H groups in total. The molecule has 0 amide bonds. The molecule has 0 unspecified atom stereocenters. The highest BCUT2D eigenvalue weighted by Gasteiger charge is 2.07. The van der Waals surface area contributed by atoms with Crippen LogP contribution in [0.25, 0.3) is 0 Å².